The van der Waals surface area contributed by atoms with Crippen LogP contribution in [-0.4, -0.2) is 10.9 Å². The summed E-state index contributed by atoms with van der Waals surface area (Å²) in [5, 5.41) is 2.79. The molecule has 0 aliphatic rings. The number of nitrogens with one attached hydrogen (secondary N) is 1. The average molecular weight is 289 g/mol. The van der Waals surface area contributed by atoms with Gasteiger partial charge in [-0.2, -0.15) is 0 Å². The molecule has 1 atom stereocenters. The topological polar surface area (TPSA) is 55.1 Å². The number of hydrogen-bond acceptors (Lipinski definition) is 2. The lowest BCUT2D eigenvalue weighted by molar-refractivity contribution is -0.118. The molecule has 0 saturated carbocycles. The Morgan fingerprint density at radius 3 is 2.83 bits per heavy atom. The lowest BCUT2D eigenvalue weighted by atomic mass is 10.0. The summed E-state index contributed by atoms with van der Waals surface area (Å²) in [4.78, 5) is 12.0. The molecule has 0 aromatic heterocycles. The molecule has 0 aliphatic heterocycles. The van der Waals surface area contributed by atoms with E-state index in [1.54, 1.807) is 0 Å². The maximum Gasteiger partial charge on any atom is 0.234 e. The summed E-state index contributed by atoms with van der Waals surface area (Å²) in [6.45, 7) is 1.92. The standard InChI is InChI=1S/C12H14ClFN2OS/c1-2-3-8(11(15)18)12(17)16-10-6-7(13)4-5-9(10)14/h4-6,8H,2-3H2,1H3,(H2,15,18)(H,16,17). The quantitative estimate of drug-likeness (QED) is 0.819. The summed E-state index contributed by atoms with van der Waals surface area (Å²) < 4.78 is 13.4. The lowest BCUT2D eigenvalue weighted by Gasteiger charge is -2.15. The van der Waals surface area contributed by atoms with E-state index in [9.17, 15) is 9.18 Å². The first-order valence-electron chi connectivity index (χ1n) is 5.51. The molecule has 1 unspecified atom stereocenters. The molecule has 1 aromatic carbocycles. The Morgan fingerprint density at radius 2 is 2.28 bits per heavy atom. The van der Waals surface area contributed by atoms with Gasteiger partial charge in [-0.3, -0.25) is 4.79 Å². The van der Waals surface area contributed by atoms with E-state index in [0.717, 1.165) is 6.42 Å². The van der Waals surface area contributed by atoms with Gasteiger partial charge in [0.25, 0.3) is 0 Å². The number of benzene rings is 1. The van der Waals surface area contributed by atoms with E-state index in [2.05, 4.69) is 5.32 Å². The predicted molar refractivity (Wildman–Crippen MR) is 75.2 cm³/mol. The molecule has 0 heterocycles. The third kappa shape index (κ3) is 3.92. The molecule has 0 spiro atoms. The van der Waals surface area contributed by atoms with Crippen molar-refractivity contribution in [2.24, 2.45) is 11.7 Å². The molecule has 1 aromatic rings. The molecule has 0 saturated heterocycles. The summed E-state index contributed by atoms with van der Waals surface area (Å²) in [6.07, 6.45) is 1.29. The van der Waals surface area contributed by atoms with Crippen molar-refractivity contribution in [2.75, 3.05) is 5.32 Å². The second-order valence-corrected chi connectivity index (χ2v) is 4.76. The van der Waals surface area contributed by atoms with Gasteiger partial charge in [-0.1, -0.05) is 37.2 Å². The Kier molecular flexibility index (Phi) is 5.50. The molecule has 1 rings (SSSR count). The molecular weight excluding hydrogens is 275 g/mol. The number of carbonyl (C=O) groups excluding carboxylic acids is 1. The third-order valence-corrected chi connectivity index (χ3v) is 2.94. The minimum atomic E-state index is -0.594. The van der Waals surface area contributed by atoms with Crippen LogP contribution in [0.1, 0.15) is 19.8 Å². The lowest BCUT2D eigenvalue weighted by Crippen LogP contribution is -2.33. The Bertz CT molecular complexity index is 467. The van der Waals surface area contributed by atoms with Crippen molar-refractivity contribution in [3.05, 3.63) is 29.0 Å². The van der Waals surface area contributed by atoms with Gasteiger partial charge in [-0.25, -0.2) is 4.39 Å². The van der Waals surface area contributed by atoms with Crippen molar-refractivity contribution < 1.29 is 9.18 Å². The highest BCUT2D eigenvalue weighted by Gasteiger charge is 2.21. The molecule has 18 heavy (non-hydrogen) atoms. The Morgan fingerprint density at radius 1 is 1.61 bits per heavy atom. The van der Waals surface area contributed by atoms with Gasteiger partial charge < -0.3 is 11.1 Å². The summed E-state index contributed by atoms with van der Waals surface area (Å²) in [5.74, 6) is -1.56. The normalized spacial score (nSPS) is 11.9. The fourth-order valence-electron chi connectivity index (χ4n) is 1.50. The highest BCUT2D eigenvalue weighted by Crippen LogP contribution is 2.21. The highest BCUT2D eigenvalue weighted by atomic mass is 35.5. The Labute approximate surface area is 115 Å². The van der Waals surface area contributed by atoms with E-state index in [0.29, 0.717) is 11.4 Å². The zero-order valence-corrected chi connectivity index (χ0v) is 11.4. The minimum absolute atomic E-state index is 0.0323. The van der Waals surface area contributed by atoms with Crippen LogP contribution in [0, 0.1) is 11.7 Å². The van der Waals surface area contributed by atoms with Crippen molar-refractivity contribution in [2.45, 2.75) is 19.8 Å². The van der Waals surface area contributed by atoms with Crippen molar-refractivity contribution in [1.29, 1.82) is 0 Å². The highest BCUT2D eigenvalue weighted by molar-refractivity contribution is 7.80. The van der Waals surface area contributed by atoms with Gasteiger partial charge in [0.2, 0.25) is 5.91 Å². The van der Waals surface area contributed by atoms with Crippen LogP contribution in [0.4, 0.5) is 10.1 Å². The molecule has 0 fully saturated rings. The maximum atomic E-state index is 13.4. The van der Waals surface area contributed by atoms with Crippen LogP contribution < -0.4 is 11.1 Å². The average Bonchev–Trinajstić information content (AvgIpc) is 2.30. The zero-order chi connectivity index (χ0) is 13.7. The van der Waals surface area contributed by atoms with Crippen molar-refractivity contribution in [3.8, 4) is 0 Å². The second-order valence-electron chi connectivity index (χ2n) is 3.86. The number of rotatable bonds is 5. The van der Waals surface area contributed by atoms with Gasteiger partial charge in [0.15, 0.2) is 0 Å². The Balaban J connectivity index is 2.85. The smallest absolute Gasteiger partial charge is 0.234 e. The number of amides is 1. The molecule has 0 bridgehead atoms. The van der Waals surface area contributed by atoms with Crippen LogP contribution in [0.5, 0.6) is 0 Å². The summed E-state index contributed by atoms with van der Waals surface area (Å²) in [7, 11) is 0. The number of thiocarbonyl (C=S) groups is 1. The molecular formula is C12H14ClFN2OS. The Hall–Kier alpha value is -1.20. The maximum absolute atomic E-state index is 13.4. The van der Waals surface area contributed by atoms with E-state index in [1.165, 1.54) is 18.2 Å². The summed E-state index contributed by atoms with van der Waals surface area (Å²) >= 11 is 10.6. The fourth-order valence-corrected chi connectivity index (χ4v) is 1.90. The third-order valence-electron chi connectivity index (χ3n) is 2.42. The van der Waals surface area contributed by atoms with Gasteiger partial charge in [-0.05, 0) is 24.6 Å². The van der Waals surface area contributed by atoms with Crippen LogP contribution >= 0.6 is 23.8 Å². The van der Waals surface area contributed by atoms with Crippen LogP contribution in [0.25, 0.3) is 0 Å². The van der Waals surface area contributed by atoms with Crippen LogP contribution in [0.15, 0.2) is 18.2 Å². The largest absolute Gasteiger partial charge is 0.393 e. The van der Waals surface area contributed by atoms with E-state index >= 15 is 0 Å². The van der Waals surface area contributed by atoms with Crippen LogP contribution in [-0.2, 0) is 4.79 Å². The van der Waals surface area contributed by atoms with Crippen LogP contribution in [0.3, 0.4) is 0 Å². The van der Waals surface area contributed by atoms with Gasteiger partial charge >= 0.3 is 0 Å². The van der Waals surface area contributed by atoms with Gasteiger partial charge in [0, 0.05) is 5.02 Å². The first-order chi connectivity index (χ1) is 8.45. The number of halogens is 2. The van der Waals surface area contributed by atoms with Crippen LogP contribution in [0.2, 0.25) is 5.02 Å². The molecule has 6 heteroatoms. The molecule has 98 valence electrons. The van der Waals surface area contributed by atoms with Gasteiger partial charge in [-0.15, -0.1) is 0 Å². The van der Waals surface area contributed by atoms with E-state index in [-0.39, 0.29) is 10.7 Å². The van der Waals surface area contributed by atoms with Crippen molar-refractivity contribution >= 4 is 40.4 Å². The fraction of sp³-hybridized carbons (Fsp3) is 0.333. The van der Waals surface area contributed by atoms with Crippen molar-refractivity contribution in [3.63, 3.8) is 0 Å². The molecule has 0 radical (unpaired) electrons. The monoisotopic (exact) mass is 288 g/mol. The van der Waals surface area contributed by atoms with Gasteiger partial charge in [0.05, 0.1) is 16.6 Å². The first-order valence-corrected chi connectivity index (χ1v) is 6.29. The molecule has 1 amide bonds. The molecule has 0 aliphatic carbocycles. The van der Waals surface area contributed by atoms with E-state index < -0.39 is 17.6 Å². The number of hydrogen-bond donors (Lipinski definition) is 2. The van der Waals surface area contributed by atoms with E-state index in [4.69, 9.17) is 29.6 Å². The summed E-state index contributed by atoms with van der Waals surface area (Å²) in [5.41, 5.74) is 5.53. The van der Waals surface area contributed by atoms with Crippen molar-refractivity contribution in [1.82, 2.24) is 0 Å². The predicted octanol–water partition coefficient (Wildman–Crippen LogP) is 3.12. The number of anilines is 1. The molecule has 3 nitrogen and oxygen atoms in total. The van der Waals surface area contributed by atoms with E-state index in [1.807, 2.05) is 6.92 Å². The minimum Gasteiger partial charge on any atom is -0.393 e. The second kappa shape index (κ2) is 6.66. The number of carbonyl (C=O) groups is 1. The number of nitrogens with two attached hydrogens (primary N) is 1. The molecule has 3 N–H and O–H groups in total. The summed E-state index contributed by atoms with van der Waals surface area (Å²) in [6, 6.07) is 3.94. The SMILES string of the molecule is CCCC(C(=O)Nc1cc(Cl)ccc1F)C(N)=S. The first kappa shape index (κ1) is 14.9. The van der Waals surface area contributed by atoms with Gasteiger partial charge in [0.1, 0.15) is 5.82 Å². The zero-order valence-electron chi connectivity index (χ0n) is 9.87.